The number of fused-ring (bicyclic) bond motifs is 1. The summed E-state index contributed by atoms with van der Waals surface area (Å²) in [5.41, 5.74) is 2.00. The molecule has 0 saturated carbocycles. The van der Waals surface area contributed by atoms with Gasteiger partial charge in [-0.25, -0.2) is 9.07 Å². The molecule has 1 atom stereocenters. The highest BCUT2D eigenvalue weighted by Gasteiger charge is 2.32. The summed E-state index contributed by atoms with van der Waals surface area (Å²) in [6, 6.07) is 13.4. The fourth-order valence-corrected chi connectivity index (χ4v) is 4.52. The number of rotatable bonds is 7. The lowest BCUT2D eigenvalue weighted by atomic mass is 10.0. The van der Waals surface area contributed by atoms with Crippen LogP contribution in [-0.2, 0) is 6.54 Å². The molecule has 2 aromatic heterocycles. The second-order valence-electron chi connectivity index (χ2n) is 8.80. The molecular formula is C25H28FN7O2. The monoisotopic (exact) mass is 477 g/mol. The maximum Gasteiger partial charge on any atom is 0.253 e. The van der Waals surface area contributed by atoms with Gasteiger partial charge >= 0.3 is 0 Å². The summed E-state index contributed by atoms with van der Waals surface area (Å²) in [4.78, 5) is 20.9. The van der Waals surface area contributed by atoms with Gasteiger partial charge in [-0.3, -0.25) is 9.69 Å². The molecule has 4 aromatic rings. The Morgan fingerprint density at radius 1 is 1.09 bits per heavy atom. The number of tetrazole rings is 1. The van der Waals surface area contributed by atoms with Gasteiger partial charge in [0.25, 0.3) is 5.56 Å². The highest BCUT2D eigenvalue weighted by molar-refractivity contribution is 5.80. The van der Waals surface area contributed by atoms with Gasteiger partial charge in [-0.15, -0.1) is 5.10 Å². The molecule has 1 saturated heterocycles. The summed E-state index contributed by atoms with van der Waals surface area (Å²) in [5.74, 6) is 1.02. The van der Waals surface area contributed by atoms with Crippen molar-refractivity contribution in [2.24, 2.45) is 0 Å². The van der Waals surface area contributed by atoms with Crippen LogP contribution in [0.4, 0.5) is 4.39 Å². The molecule has 10 heteroatoms. The molecule has 3 heterocycles. The minimum atomic E-state index is -0.442. The normalized spacial score (nSPS) is 16.0. The Balaban J connectivity index is 1.59. The van der Waals surface area contributed by atoms with Gasteiger partial charge in [-0.1, -0.05) is 12.1 Å². The number of hydrogen-bond donors (Lipinski definition) is 1. The lowest BCUT2D eigenvalue weighted by Gasteiger charge is -2.37. The quantitative estimate of drug-likeness (QED) is 0.437. The molecule has 35 heavy (non-hydrogen) atoms. The predicted octanol–water partition coefficient (Wildman–Crippen LogP) is 2.44. The average Bonchev–Trinajstić information content (AvgIpc) is 3.30. The second-order valence-corrected chi connectivity index (χ2v) is 8.80. The number of piperazine rings is 1. The number of ether oxygens (including phenoxy) is 1. The summed E-state index contributed by atoms with van der Waals surface area (Å²) in [6.45, 7) is 6.14. The van der Waals surface area contributed by atoms with Gasteiger partial charge in [0.05, 0.1) is 13.2 Å². The zero-order valence-electron chi connectivity index (χ0n) is 19.8. The van der Waals surface area contributed by atoms with Crippen LogP contribution >= 0.6 is 0 Å². The number of aromatic nitrogens is 5. The van der Waals surface area contributed by atoms with Crippen LogP contribution < -0.4 is 10.3 Å². The van der Waals surface area contributed by atoms with Crippen molar-refractivity contribution in [3.05, 3.63) is 81.7 Å². The SMILES string of the molecule is CCOc1ccc2[nH]c(=O)c([C@@H](c3nnnn3Cc3ccc(F)cc3)N3CCN(C)CC3)cc2c1. The first-order chi connectivity index (χ1) is 17.0. The van der Waals surface area contributed by atoms with Crippen LogP contribution in [0.2, 0.25) is 0 Å². The number of likely N-dealkylation sites (N-methyl/N-ethyl adjacent to an activating group) is 1. The number of halogens is 1. The maximum absolute atomic E-state index is 13.4. The Hall–Kier alpha value is -3.63. The summed E-state index contributed by atoms with van der Waals surface area (Å²) in [7, 11) is 2.09. The van der Waals surface area contributed by atoms with E-state index in [9.17, 15) is 9.18 Å². The third kappa shape index (κ3) is 4.94. The Morgan fingerprint density at radius 3 is 2.60 bits per heavy atom. The van der Waals surface area contributed by atoms with Crippen LogP contribution in [0.5, 0.6) is 5.75 Å². The van der Waals surface area contributed by atoms with Crippen LogP contribution in [0, 0.1) is 5.82 Å². The molecule has 182 valence electrons. The van der Waals surface area contributed by atoms with Gasteiger partial charge in [0, 0.05) is 42.6 Å². The Morgan fingerprint density at radius 2 is 1.86 bits per heavy atom. The fourth-order valence-electron chi connectivity index (χ4n) is 4.52. The zero-order chi connectivity index (χ0) is 24.4. The van der Waals surface area contributed by atoms with Gasteiger partial charge < -0.3 is 14.6 Å². The number of aromatic amines is 1. The second kappa shape index (κ2) is 9.93. The van der Waals surface area contributed by atoms with E-state index in [1.54, 1.807) is 16.8 Å². The van der Waals surface area contributed by atoms with Crippen molar-refractivity contribution >= 4 is 10.9 Å². The van der Waals surface area contributed by atoms with Crippen LogP contribution in [0.15, 0.2) is 53.3 Å². The number of benzene rings is 2. The van der Waals surface area contributed by atoms with E-state index in [1.165, 1.54) is 12.1 Å². The predicted molar refractivity (Wildman–Crippen MR) is 130 cm³/mol. The summed E-state index contributed by atoms with van der Waals surface area (Å²) in [5, 5.41) is 13.4. The Labute approximate surface area is 202 Å². The van der Waals surface area contributed by atoms with E-state index in [4.69, 9.17) is 4.74 Å². The minimum absolute atomic E-state index is 0.179. The molecule has 0 radical (unpaired) electrons. The van der Waals surface area contributed by atoms with Crippen LogP contribution in [0.25, 0.3) is 10.9 Å². The first-order valence-corrected chi connectivity index (χ1v) is 11.7. The highest BCUT2D eigenvalue weighted by atomic mass is 19.1. The molecule has 0 bridgehead atoms. The standard InChI is InChI=1S/C25H28FN7O2/c1-3-35-20-8-9-22-18(14-20)15-21(25(34)27-22)23(32-12-10-31(2)11-13-32)24-28-29-30-33(24)16-17-4-6-19(26)7-5-17/h4-9,14-15,23H,3,10-13,16H2,1-2H3,(H,27,34)/t23-/m0/s1. The van der Waals surface area contributed by atoms with E-state index in [2.05, 4.69) is 37.4 Å². The average molecular weight is 478 g/mol. The lowest BCUT2D eigenvalue weighted by molar-refractivity contribution is 0.121. The minimum Gasteiger partial charge on any atom is -0.494 e. The number of nitrogens with zero attached hydrogens (tertiary/aromatic N) is 6. The van der Waals surface area contributed by atoms with Crippen LogP contribution in [0.3, 0.4) is 0 Å². The summed E-state index contributed by atoms with van der Waals surface area (Å²) in [6.07, 6.45) is 0. The van der Waals surface area contributed by atoms with E-state index in [1.807, 2.05) is 31.2 Å². The molecule has 1 N–H and O–H groups in total. The molecule has 5 rings (SSSR count). The van der Waals surface area contributed by atoms with Crippen molar-refractivity contribution in [2.45, 2.75) is 19.5 Å². The maximum atomic E-state index is 13.4. The molecule has 2 aromatic carbocycles. The Bertz CT molecular complexity index is 1360. The van der Waals surface area contributed by atoms with Gasteiger partial charge in [0.2, 0.25) is 0 Å². The first kappa shape index (κ1) is 23.1. The van der Waals surface area contributed by atoms with Gasteiger partial charge in [-0.05, 0) is 66.4 Å². The third-order valence-corrected chi connectivity index (χ3v) is 6.40. The summed E-state index contributed by atoms with van der Waals surface area (Å²) < 4.78 is 20.8. The molecular weight excluding hydrogens is 449 g/mol. The van der Waals surface area contributed by atoms with Crippen molar-refractivity contribution in [2.75, 3.05) is 39.8 Å². The largest absolute Gasteiger partial charge is 0.494 e. The molecule has 1 aliphatic heterocycles. The van der Waals surface area contributed by atoms with E-state index >= 15 is 0 Å². The van der Waals surface area contributed by atoms with E-state index < -0.39 is 6.04 Å². The number of nitrogens with one attached hydrogen (secondary N) is 1. The van der Waals surface area contributed by atoms with Gasteiger partial charge in [0.15, 0.2) is 5.82 Å². The number of H-pyrrole nitrogens is 1. The topological polar surface area (TPSA) is 92.2 Å². The van der Waals surface area contributed by atoms with Gasteiger partial charge in [0.1, 0.15) is 17.6 Å². The van der Waals surface area contributed by atoms with Crippen molar-refractivity contribution in [1.82, 2.24) is 35.0 Å². The molecule has 0 aliphatic carbocycles. The van der Waals surface area contributed by atoms with E-state index in [0.717, 1.165) is 48.4 Å². The Kier molecular flexibility index (Phi) is 6.56. The third-order valence-electron chi connectivity index (χ3n) is 6.40. The number of hydrogen-bond acceptors (Lipinski definition) is 7. The molecule has 0 unspecified atom stereocenters. The number of pyridine rings is 1. The van der Waals surface area contributed by atoms with Crippen LogP contribution in [-0.4, -0.2) is 74.8 Å². The first-order valence-electron chi connectivity index (χ1n) is 11.7. The van der Waals surface area contributed by atoms with Crippen molar-refractivity contribution in [3.8, 4) is 5.75 Å². The molecule has 1 fully saturated rings. The van der Waals surface area contributed by atoms with Crippen molar-refractivity contribution in [3.63, 3.8) is 0 Å². The van der Waals surface area contributed by atoms with E-state index in [-0.39, 0.29) is 11.4 Å². The molecule has 0 spiro atoms. The molecule has 9 nitrogen and oxygen atoms in total. The fraction of sp³-hybridized carbons (Fsp3) is 0.360. The molecule has 1 aliphatic rings. The zero-order valence-corrected chi connectivity index (χ0v) is 19.8. The summed E-state index contributed by atoms with van der Waals surface area (Å²) >= 11 is 0. The molecule has 0 amide bonds. The lowest BCUT2D eigenvalue weighted by Crippen LogP contribution is -2.47. The van der Waals surface area contributed by atoms with Gasteiger partial charge in [-0.2, -0.15) is 0 Å². The van der Waals surface area contributed by atoms with E-state index in [0.29, 0.717) is 24.5 Å². The van der Waals surface area contributed by atoms with Crippen molar-refractivity contribution < 1.29 is 9.13 Å². The highest BCUT2D eigenvalue weighted by Crippen LogP contribution is 2.29. The van der Waals surface area contributed by atoms with Crippen molar-refractivity contribution in [1.29, 1.82) is 0 Å². The van der Waals surface area contributed by atoms with Crippen LogP contribution in [0.1, 0.15) is 29.9 Å². The smallest absolute Gasteiger partial charge is 0.253 e.